The SMILES string of the molecule is CCOc1ccccc1CNC(=O)COc1ccc2ccccc2c1. The molecule has 0 aliphatic carbocycles. The fourth-order valence-electron chi connectivity index (χ4n) is 2.60. The van der Waals surface area contributed by atoms with E-state index in [0.717, 1.165) is 22.1 Å². The molecule has 0 fully saturated rings. The Labute approximate surface area is 147 Å². The molecule has 3 rings (SSSR count). The van der Waals surface area contributed by atoms with Crippen LogP contribution < -0.4 is 14.8 Å². The van der Waals surface area contributed by atoms with Gasteiger partial charge in [-0.05, 0) is 35.9 Å². The third-order valence-electron chi connectivity index (χ3n) is 3.84. The second-order valence-corrected chi connectivity index (χ2v) is 5.62. The molecule has 4 nitrogen and oxygen atoms in total. The minimum atomic E-state index is -0.167. The Morgan fingerprint density at radius 3 is 2.52 bits per heavy atom. The van der Waals surface area contributed by atoms with E-state index in [9.17, 15) is 4.79 Å². The Balaban J connectivity index is 1.54. The van der Waals surface area contributed by atoms with Crippen molar-refractivity contribution >= 4 is 16.7 Å². The van der Waals surface area contributed by atoms with Crippen LogP contribution in [0.2, 0.25) is 0 Å². The van der Waals surface area contributed by atoms with Crippen molar-refractivity contribution in [3.8, 4) is 11.5 Å². The van der Waals surface area contributed by atoms with E-state index < -0.39 is 0 Å². The standard InChI is InChI=1S/C21H21NO3/c1-2-24-20-10-6-5-9-18(20)14-22-21(23)15-25-19-12-11-16-7-3-4-8-17(16)13-19/h3-13H,2,14-15H2,1H3,(H,22,23). The predicted molar refractivity (Wildman–Crippen MR) is 98.9 cm³/mol. The maximum Gasteiger partial charge on any atom is 0.258 e. The number of fused-ring (bicyclic) bond motifs is 1. The summed E-state index contributed by atoms with van der Waals surface area (Å²) in [5.74, 6) is 1.31. The van der Waals surface area contributed by atoms with Gasteiger partial charge in [-0.3, -0.25) is 4.79 Å². The zero-order valence-corrected chi connectivity index (χ0v) is 14.2. The summed E-state index contributed by atoms with van der Waals surface area (Å²) in [4.78, 5) is 12.0. The van der Waals surface area contributed by atoms with Gasteiger partial charge in [-0.25, -0.2) is 0 Å². The molecule has 0 unspecified atom stereocenters. The van der Waals surface area contributed by atoms with Crippen LogP contribution in [-0.4, -0.2) is 19.1 Å². The first-order valence-electron chi connectivity index (χ1n) is 8.35. The first kappa shape index (κ1) is 16.8. The monoisotopic (exact) mass is 335 g/mol. The van der Waals surface area contributed by atoms with E-state index in [-0.39, 0.29) is 12.5 Å². The lowest BCUT2D eigenvalue weighted by molar-refractivity contribution is -0.123. The van der Waals surface area contributed by atoms with Crippen LogP contribution in [0, 0.1) is 0 Å². The van der Waals surface area contributed by atoms with Crippen molar-refractivity contribution in [2.75, 3.05) is 13.2 Å². The summed E-state index contributed by atoms with van der Waals surface area (Å²) >= 11 is 0. The lowest BCUT2D eigenvalue weighted by atomic mass is 10.1. The van der Waals surface area contributed by atoms with Gasteiger partial charge in [0.25, 0.3) is 5.91 Å². The van der Waals surface area contributed by atoms with E-state index >= 15 is 0 Å². The molecule has 3 aromatic rings. The Hall–Kier alpha value is -3.01. The molecule has 0 spiro atoms. The van der Waals surface area contributed by atoms with Gasteiger partial charge in [0, 0.05) is 12.1 Å². The molecule has 0 aliphatic heterocycles. The first-order valence-corrected chi connectivity index (χ1v) is 8.35. The van der Waals surface area contributed by atoms with Crippen LogP contribution in [0.1, 0.15) is 12.5 Å². The molecule has 4 heteroatoms. The van der Waals surface area contributed by atoms with Crippen LogP contribution in [0.4, 0.5) is 0 Å². The largest absolute Gasteiger partial charge is 0.494 e. The second kappa shape index (κ2) is 8.20. The van der Waals surface area contributed by atoms with Crippen LogP contribution >= 0.6 is 0 Å². The summed E-state index contributed by atoms with van der Waals surface area (Å²) in [5.41, 5.74) is 0.948. The molecule has 1 amide bonds. The summed E-state index contributed by atoms with van der Waals surface area (Å²) in [5, 5.41) is 5.10. The van der Waals surface area contributed by atoms with Crippen LogP contribution in [0.5, 0.6) is 11.5 Å². The number of rotatable bonds is 7. The minimum absolute atomic E-state index is 0.0187. The summed E-state index contributed by atoms with van der Waals surface area (Å²) in [6, 6.07) is 21.5. The molecule has 3 aromatic carbocycles. The zero-order chi connectivity index (χ0) is 17.5. The van der Waals surface area contributed by atoms with E-state index in [1.54, 1.807) is 0 Å². The fourth-order valence-corrected chi connectivity index (χ4v) is 2.60. The highest BCUT2D eigenvalue weighted by atomic mass is 16.5. The molecule has 0 saturated heterocycles. The van der Waals surface area contributed by atoms with Crippen LogP contribution in [-0.2, 0) is 11.3 Å². The molecule has 0 aliphatic rings. The van der Waals surface area contributed by atoms with Crippen molar-refractivity contribution in [1.82, 2.24) is 5.32 Å². The van der Waals surface area contributed by atoms with Crippen LogP contribution in [0.3, 0.4) is 0 Å². The van der Waals surface area contributed by atoms with Crippen molar-refractivity contribution in [2.24, 2.45) is 0 Å². The van der Waals surface area contributed by atoms with E-state index in [2.05, 4.69) is 5.32 Å². The molecule has 0 atom stereocenters. The van der Waals surface area contributed by atoms with Crippen LogP contribution in [0.15, 0.2) is 66.7 Å². The average molecular weight is 335 g/mol. The van der Waals surface area contributed by atoms with Gasteiger partial charge in [-0.15, -0.1) is 0 Å². The normalized spacial score (nSPS) is 10.4. The summed E-state index contributed by atoms with van der Waals surface area (Å²) in [6.07, 6.45) is 0. The maximum atomic E-state index is 12.0. The number of benzene rings is 3. The van der Waals surface area contributed by atoms with Gasteiger partial charge < -0.3 is 14.8 Å². The van der Waals surface area contributed by atoms with E-state index in [0.29, 0.717) is 18.9 Å². The number of hydrogen-bond donors (Lipinski definition) is 1. The van der Waals surface area contributed by atoms with Gasteiger partial charge >= 0.3 is 0 Å². The first-order chi connectivity index (χ1) is 12.3. The Bertz CT molecular complexity index is 860. The summed E-state index contributed by atoms with van der Waals surface area (Å²) < 4.78 is 11.2. The van der Waals surface area contributed by atoms with Crippen molar-refractivity contribution in [1.29, 1.82) is 0 Å². The maximum absolute atomic E-state index is 12.0. The fraction of sp³-hybridized carbons (Fsp3) is 0.190. The topological polar surface area (TPSA) is 47.6 Å². The molecule has 0 heterocycles. The number of nitrogens with one attached hydrogen (secondary N) is 1. The van der Waals surface area contributed by atoms with Gasteiger partial charge in [0.05, 0.1) is 6.61 Å². The molecule has 1 N–H and O–H groups in total. The molecule has 0 aromatic heterocycles. The van der Waals surface area contributed by atoms with Crippen molar-refractivity contribution < 1.29 is 14.3 Å². The molecule has 25 heavy (non-hydrogen) atoms. The number of para-hydroxylation sites is 1. The van der Waals surface area contributed by atoms with Crippen molar-refractivity contribution in [2.45, 2.75) is 13.5 Å². The highest BCUT2D eigenvalue weighted by molar-refractivity contribution is 5.84. The van der Waals surface area contributed by atoms with E-state index in [4.69, 9.17) is 9.47 Å². The number of amides is 1. The van der Waals surface area contributed by atoms with Crippen molar-refractivity contribution in [3.05, 3.63) is 72.3 Å². The molecular weight excluding hydrogens is 314 g/mol. The molecule has 0 bridgehead atoms. The van der Waals surface area contributed by atoms with Gasteiger partial charge in [0.2, 0.25) is 0 Å². The summed E-state index contributed by atoms with van der Waals surface area (Å²) in [6.45, 7) is 2.92. The third-order valence-corrected chi connectivity index (χ3v) is 3.84. The number of carbonyl (C=O) groups is 1. The molecule has 0 radical (unpaired) electrons. The Kier molecular flexibility index (Phi) is 5.52. The Morgan fingerprint density at radius 1 is 0.920 bits per heavy atom. The molecular formula is C21H21NO3. The average Bonchev–Trinajstić information content (AvgIpc) is 2.66. The summed E-state index contributed by atoms with van der Waals surface area (Å²) in [7, 11) is 0. The zero-order valence-electron chi connectivity index (χ0n) is 14.2. The van der Waals surface area contributed by atoms with Gasteiger partial charge in [0.1, 0.15) is 11.5 Å². The number of ether oxygens (including phenoxy) is 2. The Morgan fingerprint density at radius 2 is 1.68 bits per heavy atom. The van der Waals surface area contributed by atoms with Gasteiger partial charge in [-0.2, -0.15) is 0 Å². The molecule has 0 saturated carbocycles. The minimum Gasteiger partial charge on any atom is -0.494 e. The predicted octanol–water partition coefficient (Wildman–Crippen LogP) is 3.93. The van der Waals surface area contributed by atoms with Gasteiger partial charge in [-0.1, -0.05) is 48.5 Å². The highest BCUT2D eigenvalue weighted by Gasteiger charge is 2.06. The third kappa shape index (κ3) is 4.51. The second-order valence-electron chi connectivity index (χ2n) is 5.62. The van der Waals surface area contributed by atoms with Crippen LogP contribution in [0.25, 0.3) is 10.8 Å². The lowest BCUT2D eigenvalue weighted by Gasteiger charge is -2.11. The van der Waals surface area contributed by atoms with Gasteiger partial charge in [0.15, 0.2) is 6.61 Å². The van der Waals surface area contributed by atoms with E-state index in [1.807, 2.05) is 73.7 Å². The molecule has 128 valence electrons. The van der Waals surface area contributed by atoms with Crippen molar-refractivity contribution in [3.63, 3.8) is 0 Å². The quantitative estimate of drug-likeness (QED) is 0.711. The number of hydrogen-bond acceptors (Lipinski definition) is 3. The van der Waals surface area contributed by atoms with E-state index in [1.165, 1.54) is 0 Å². The number of carbonyl (C=O) groups excluding carboxylic acids is 1. The lowest BCUT2D eigenvalue weighted by Crippen LogP contribution is -2.28. The smallest absolute Gasteiger partial charge is 0.258 e. The highest BCUT2D eigenvalue weighted by Crippen LogP contribution is 2.20.